The van der Waals surface area contributed by atoms with Gasteiger partial charge in [-0.3, -0.25) is 9.59 Å². The first kappa shape index (κ1) is 32.7. The van der Waals surface area contributed by atoms with Crippen LogP contribution in [0.1, 0.15) is 66.9 Å². The van der Waals surface area contributed by atoms with Crippen LogP contribution in [0.15, 0.2) is 18.2 Å². The Morgan fingerprint density at radius 2 is 1.29 bits per heavy atom. The lowest BCUT2D eigenvalue weighted by Gasteiger charge is -2.22. The molecule has 0 aliphatic carbocycles. The van der Waals surface area contributed by atoms with Crippen LogP contribution in [-0.4, -0.2) is 55.7 Å². The molecule has 0 bridgehead atoms. The van der Waals surface area contributed by atoms with E-state index in [-0.39, 0.29) is 43.0 Å². The van der Waals surface area contributed by atoms with E-state index in [1.165, 1.54) is 19.1 Å². The molecule has 0 radical (unpaired) electrons. The molecule has 0 aromatic heterocycles. The summed E-state index contributed by atoms with van der Waals surface area (Å²) in [5, 5.41) is 0. The van der Waals surface area contributed by atoms with Gasteiger partial charge in [-0.05, 0) is 49.8 Å². The normalized spacial score (nSPS) is 14.7. The first-order valence-corrected chi connectivity index (χ1v) is 12.8. The zero-order chi connectivity index (χ0) is 28.8. The van der Waals surface area contributed by atoms with Gasteiger partial charge in [0.15, 0.2) is 11.5 Å². The van der Waals surface area contributed by atoms with E-state index in [2.05, 4.69) is 0 Å². The van der Waals surface area contributed by atoms with Crippen LogP contribution in [0.25, 0.3) is 0 Å². The van der Waals surface area contributed by atoms with Crippen LogP contribution in [0.5, 0.6) is 11.5 Å². The van der Waals surface area contributed by atoms with Crippen LogP contribution in [-0.2, 0) is 35.0 Å². The van der Waals surface area contributed by atoms with Crippen molar-refractivity contribution in [3.63, 3.8) is 0 Å². The van der Waals surface area contributed by atoms with Crippen molar-refractivity contribution in [2.45, 2.75) is 86.0 Å². The van der Waals surface area contributed by atoms with Crippen LogP contribution in [0.3, 0.4) is 0 Å². The minimum Gasteiger partial charge on any atom is -0.459 e. The minimum atomic E-state index is -1.07. The molecule has 5 atom stereocenters. The van der Waals surface area contributed by atoms with E-state index in [0.717, 1.165) is 12.8 Å². The van der Waals surface area contributed by atoms with Crippen molar-refractivity contribution in [3.8, 4) is 11.5 Å². The average Bonchev–Trinajstić information content (AvgIpc) is 2.86. The van der Waals surface area contributed by atoms with Gasteiger partial charge in [-0.2, -0.15) is 0 Å². The summed E-state index contributed by atoms with van der Waals surface area (Å²) in [4.78, 5) is 48.0. The van der Waals surface area contributed by atoms with E-state index in [0.29, 0.717) is 5.56 Å². The maximum atomic E-state index is 12.5. The lowest BCUT2D eigenvalue weighted by Crippen LogP contribution is -2.39. The first-order valence-electron chi connectivity index (χ1n) is 12.8. The second kappa shape index (κ2) is 16.5. The molecule has 1 rings (SSSR count). The monoisotopic (exact) mass is 539 g/mol. The summed E-state index contributed by atoms with van der Waals surface area (Å²) in [7, 11) is 0. The smallest absolute Gasteiger partial charge is 0.459 e. The Morgan fingerprint density at radius 1 is 0.789 bits per heavy atom. The highest BCUT2D eigenvalue weighted by Gasteiger charge is 2.24. The first-order chi connectivity index (χ1) is 17.9. The summed E-state index contributed by atoms with van der Waals surface area (Å²) >= 11 is 0. The molecular formula is C27H41NO10. The Bertz CT molecular complexity index is 934. The van der Waals surface area contributed by atoms with Crippen LogP contribution in [0.4, 0.5) is 9.59 Å². The average molecular weight is 540 g/mol. The van der Waals surface area contributed by atoms with E-state index in [1.807, 2.05) is 27.7 Å². The lowest BCUT2D eigenvalue weighted by molar-refractivity contribution is -0.164. The van der Waals surface area contributed by atoms with E-state index >= 15 is 0 Å². The third-order valence-corrected chi connectivity index (χ3v) is 5.83. The molecule has 0 heterocycles. The molecule has 11 heteroatoms. The van der Waals surface area contributed by atoms with Crippen molar-refractivity contribution in [1.82, 2.24) is 0 Å². The zero-order valence-electron chi connectivity index (χ0n) is 23.3. The maximum absolute atomic E-state index is 12.5. The largest absolute Gasteiger partial charge is 0.513 e. The molecule has 0 aliphatic heterocycles. The summed E-state index contributed by atoms with van der Waals surface area (Å²) in [6.07, 6.45) is -1.64. The highest BCUT2D eigenvalue weighted by molar-refractivity contribution is 5.76. The summed E-state index contributed by atoms with van der Waals surface area (Å²) in [6.45, 7) is 12.6. The van der Waals surface area contributed by atoms with Gasteiger partial charge in [0.25, 0.3) is 0 Å². The number of hydrogen-bond donors (Lipinski definition) is 1. The SMILES string of the molecule is CCC(C)COC(=O)Oc1ccc(C[C@H](N)C(=O)O[C@@H](C)C(C)OC(C)=O)cc1OC(=O)OCC(C)CC. The van der Waals surface area contributed by atoms with E-state index in [9.17, 15) is 19.2 Å². The van der Waals surface area contributed by atoms with Crippen LogP contribution >= 0.6 is 0 Å². The molecule has 0 saturated carbocycles. The fourth-order valence-corrected chi connectivity index (χ4v) is 2.80. The standard InChI is InChI=1S/C27H41NO10/c1-8-16(3)14-33-26(31)37-23-11-10-21(13-24(23)38-27(32)34-15-17(4)9-2)12-22(28)25(30)36-19(6)18(5)35-20(7)29/h10-11,13,16-19,22H,8-9,12,14-15,28H2,1-7H3/t16?,17?,18?,19-,22-/m0/s1. The lowest BCUT2D eigenvalue weighted by atomic mass is 10.1. The van der Waals surface area contributed by atoms with Crippen molar-refractivity contribution in [2.24, 2.45) is 17.6 Å². The Kier molecular flexibility index (Phi) is 14.2. The third kappa shape index (κ3) is 12.3. The Labute approximate surface area is 224 Å². The van der Waals surface area contributed by atoms with Crippen molar-refractivity contribution >= 4 is 24.2 Å². The molecule has 0 spiro atoms. The van der Waals surface area contributed by atoms with Crippen molar-refractivity contribution in [3.05, 3.63) is 23.8 Å². The van der Waals surface area contributed by atoms with E-state index in [1.54, 1.807) is 19.9 Å². The Balaban J connectivity index is 2.98. The number of carbonyl (C=O) groups is 4. The summed E-state index contributed by atoms with van der Waals surface area (Å²) in [5.41, 5.74) is 6.53. The molecule has 1 aromatic carbocycles. The number of ether oxygens (including phenoxy) is 6. The molecule has 214 valence electrons. The quantitative estimate of drug-likeness (QED) is 0.201. The number of rotatable bonds is 14. The third-order valence-electron chi connectivity index (χ3n) is 5.83. The molecule has 3 unspecified atom stereocenters. The fourth-order valence-electron chi connectivity index (χ4n) is 2.80. The van der Waals surface area contributed by atoms with Gasteiger partial charge >= 0.3 is 24.2 Å². The van der Waals surface area contributed by atoms with Gasteiger partial charge in [0, 0.05) is 6.92 Å². The molecule has 38 heavy (non-hydrogen) atoms. The second-order valence-corrected chi connectivity index (χ2v) is 9.40. The molecule has 0 amide bonds. The summed E-state index contributed by atoms with van der Waals surface area (Å²) in [5.74, 6) is -1.09. The molecule has 0 fully saturated rings. The minimum absolute atomic E-state index is 0.0184. The number of hydrogen-bond acceptors (Lipinski definition) is 11. The van der Waals surface area contributed by atoms with Crippen LogP contribution < -0.4 is 15.2 Å². The van der Waals surface area contributed by atoms with Crippen molar-refractivity contribution in [1.29, 1.82) is 0 Å². The van der Waals surface area contributed by atoms with Gasteiger partial charge in [-0.1, -0.05) is 46.6 Å². The summed E-state index contributed by atoms with van der Waals surface area (Å²) < 4.78 is 31.1. The highest BCUT2D eigenvalue weighted by atomic mass is 16.7. The van der Waals surface area contributed by atoms with Crippen LogP contribution in [0, 0.1) is 11.8 Å². The Hall–Kier alpha value is -3.34. The molecule has 0 saturated heterocycles. The van der Waals surface area contributed by atoms with Crippen LogP contribution in [0.2, 0.25) is 0 Å². The molecule has 11 nitrogen and oxygen atoms in total. The van der Waals surface area contributed by atoms with Gasteiger partial charge in [0.2, 0.25) is 0 Å². The van der Waals surface area contributed by atoms with E-state index < -0.39 is 42.5 Å². The topological polar surface area (TPSA) is 150 Å². The molecule has 1 aromatic rings. The van der Waals surface area contributed by atoms with Gasteiger partial charge in [-0.15, -0.1) is 0 Å². The predicted octanol–water partition coefficient (Wildman–Crippen LogP) is 4.56. The number of esters is 2. The Morgan fingerprint density at radius 3 is 1.79 bits per heavy atom. The van der Waals surface area contributed by atoms with Gasteiger partial charge in [-0.25, -0.2) is 9.59 Å². The van der Waals surface area contributed by atoms with Gasteiger partial charge < -0.3 is 34.2 Å². The van der Waals surface area contributed by atoms with E-state index in [4.69, 9.17) is 34.2 Å². The number of benzene rings is 1. The number of carbonyl (C=O) groups excluding carboxylic acids is 4. The van der Waals surface area contributed by atoms with Gasteiger partial charge in [0.1, 0.15) is 18.2 Å². The summed E-state index contributed by atoms with van der Waals surface area (Å²) in [6, 6.07) is 3.31. The number of nitrogens with two attached hydrogens (primary N) is 1. The fraction of sp³-hybridized carbons (Fsp3) is 0.630. The zero-order valence-corrected chi connectivity index (χ0v) is 23.3. The second-order valence-electron chi connectivity index (χ2n) is 9.40. The van der Waals surface area contributed by atoms with Gasteiger partial charge in [0.05, 0.1) is 13.2 Å². The molecule has 2 N–H and O–H groups in total. The van der Waals surface area contributed by atoms with Crippen molar-refractivity contribution in [2.75, 3.05) is 13.2 Å². The maximum Gasteiger partial charge on any atom is 0.513 e. The predicted molar refractivity (Wildman–Crippen MR) is 138 cm³/mol. The molecule has 0 aliphatic rings. The highest BCUT2D eigenvalue weighted by Crippen LogP contribution is 2.30. The molecular weight excluding hydrogens is 498 g/mol. The van der Waals surface area contributed by atoms with Crippen molar-refractivity contribution < 1.29 is 47.6 Å².